The Hall–Kier alpha value is -1.95. The van der Waals surface area contributed by atoms with Gasteiger partial charge in [0.2, 0.25) is 5.91 Å². The predicted molar refractivity (Wildman–Crippen MR) is 81.8 cm³/mol. The number of hydrogen-bond donors (Lipinski definition) is 1. The fourth-order valence-electron chi connectivity index (χ4n) is 4.18. The minimum absolute atomic E-state index is 0.111. The van der Waals surface area contributed by atoms with Crippen molar-refractivity contribution >= 4 is 17.3 Å². The van der Waals surface area contributed by atoms with Gasteiger partial charge in [0.15, 0.2) is 0 Å². The quantitative estimate of drug-likeness (QED) is 0.668. The minimum Gasteiger partial charge on any atom is -0.317 e. The molecule has 6 heteroatoms. The van der Waals surface area contributed by atoms with Gasteiger partial charge in [0, 0.05) is 18.5 Å². The third-order valence-electron chi connectivity index (χ3n) is 5.55. The molecule has 1 N–H and O–H groups in total. The molecule has 1 aromatic rings. The van der Waals surface area contributed by atoms with E-state index in [9.17, 15) is 14.9 Å². The lowest BCUT2D eigenvalue weighted by atomic mass is 9.91. The van der Waals surface area contributed by atoms with E-state index in [4.69, 9.17) is 0 Å². The summed E-state index contributed by atoms with van der Waals surface area (Å²) in [5.74, 6) is 0.279. The fourth-order valence-corrected chi connectivity index (χ4v) is 4.18. The standard InChI is InChI=1S/C16H19N3O3/c20-15(12-10-16(12)5-7-17-8-6-16)18-9-4-11-13(18)2-1-3-14(11)19(21)22/h1-3,12,17H,4-10H2. The van der Waals surface area contributed by atoms with Gasteiger partial charge in [0.1, 0.15) is 0 Å². The van der Waals surface area contributed by atoms with Crippen molar-refractivity contribution in [2.24, 2.45) is 11.3 Å². The molecule has 1 atom stereocenters. The predicted octanol–water partition coefficient (Wildman–Crippen LogP) is 1.87. The Morgan fingerprint density at radius 3 is 2.86 bits per heavy atom. The van der Waals surface area contributed by atoms with Crippen LogP contribution in [0.1, 0.15) is 24.8 Å². The van der Waals surface area contributed by atoms with Gasteiger partial charge in [-0.2, -0.15) is 0 Å². The Labute approximate surface area is 128 Å². The molecule has 2 fully saturated rings. The molecule has 116 valence electrons. The first-order chi connectivity index (χ1) is 10.6. The van der Waals surface area contributed by atoms with Crippen LogP contribution in [0.3, 0.4) is 0 Å². The summed E-state index contributed by atoms with van der Waals surface area (Å²) in [6, 6.07) is 5.04. The number of carbonyl (C=O) groups excluding carboxylic acids is 1. The van der Waals surface area contributed by atoms with E-state index in [0.29, 0.717) is 18.5 Å². The van der Waals surface area contributed by atoms with Crippen LogP contribution in [-0.2, 0) is 11.2 Å². The third-order valence-corrected chi connectivity index (χ3v) is 5.55. The summed E-state index contributed by atoms with van der Waals surface area (Å²) >= 11 is 0. The van der Waals surface area contributed by atoms with Gasteiger partial charge in [-0.15, -0.1) is 0 Å². The van der Waals surface area contributed by atoms with Gasteiger partial charge in [-0.3, -0.25) is 14.9 Å². The Kier molecular flexibility index (Phi) is 2.97. The molecule has 1 aromatic carbocycles. The number of piperidine rings is 1. The van der Waals surface area contributed by atoms with Crippen LogP contribution in [0, 0.1) is 21.4 Å². The van der Waals surface area contributed by atoms with Crippen molar-refractivity contribution in [1.82, 2.24) is 5.32 Å². The highest BCUT2D eigenvalue weighted by atomic mass is 16.6. The average molecular weight is 301 g/mol. The zero-order chi connectivity index (χ0) is 15.3. The molecular weight excluding hydrogens is 282 g/mol. The monoisotopic (exact) mass is 301 g/mol. The highest BCUT2D eigenvalue weighted by molar-refractivity contribution is 5.99. The smallest absolute Gasteiger partial charge is 0.274 e. The van der Waals surface area contributed by atoms with Gasteiger partial charge < -0.3 is 10.2 Å². The minimum atomic E-state index is -0.349. The van der Waals surface area contributed by atoms with Crippen molar-refractivity contribution in [3.63, 3.8) is 0 Å². The van der Waals surface area contributed by atoms with Crippen LogP contribution in [0.5, 0.6) is 0 Å². The van der Waals surface area contributed by atoms with Crippen LogP contribution in [-0.4, -0.2) is 30.5 Å². The van der Waals surface area contributed by atoms with E-state index < -0.39 is 0 Å². The number of nitrogens with zero attached hydrogens (tertiary/aromatic N) is 2. The first-order valence-electron chi connectivity index (χ1n) is 7.91. The topological polar surface area (TPSA) is 75.5 Å². The molecule has 0 aromatic heterocycles. The molecule has 1 unspecified atom stereocenters. The molecule has 22 heavy (non-hydrogen) atoms. The third kappa shape index (κ3) is 1.94. The van der Waals surface area contributed by atoms with Crippen LogP contribution in [0.4, 0.5) is 11.4 Å². The largest absolute Gasteiger partial charge is 0.317 e. The highest BCUT2D eigenvalue weighted by Crippen LogP contribution is 2.59. The summed E-state index contributed by atoms with van der Waals surface area (Å²) in [5, 5.41) is 14.5. The van der Waals surface area contributed by atoms with Crippen LogP contribution in [0.2, 0.25) is 0 Å². The van der Waals surface area contributed by atoms with Crippen LogP contribution < -0.4 is 10.2 Å². The van der Waals surface area contributed by atoms with Crippen molar-refractivity contribution in [3.8, 4) is 0 Å². The van der Waals surface area contributed by atoms with Gasteiger partial charge in [0.25, 0.3) is 5.69 Å². The Morgan fingerprint density at radius 2 is 2.14 bits per heavy atom. The van der Waals surface area contributed by atoms with E-state index in [2.05, 4.69) is 5.32 Å². The summed E-state index contributed by atoms with van der Waals surface area (Å²) < 4.78 is 0. The molecule has 1 saturated carbocycles. The number of rotatable bonds is 2. The van der Waals surface area contributed by atoms with Crippen molar-refractivity contribution in [1.29, 1.82) is 0 Å². The maximum absolute atomic E-state index is 12.9. The molecule has 1 saturated heterocycles. The molecule has 1 amide bonds. The number of nitro groups is 1. The summed E-state index contributed by atoms with van der Waals surface area (Å²) in [7, 11) is 0. The van der Waals surface area contributed by atoms with Crippen molar-refractivity contribution in [2.75, 3.05) is 24.5 Å². The summed E-state index contributed by atoms with van der Waals surface area (Å²) in [4.78, 5) is 25.4. The van der Waals surface area contributed by atoms with E-state index in [1.54, 1.807) is 11.0 Å². The number of benzene rings is 1. The van der Waals surface area contributed by atoms with Gasteiger partial charge in [-0.05, 0) is 50.3 Å². The molecule has 3 aliphatic rings. The van der Waals surface area contributed by atoms with Crippen LogP contribution in [0.15, 0.2) is 18.2 Å². The number of nitrogens with one attached hydrogen (secondary N) is 1. The molecular formula is C16H19N3O3. The van der Waals surface area contributed by atoms with E-state index in [1.807, 2.05) is 6.07 Å². The second kappa shape index (κ2) is 4.78. The molecule has 0 radical (unpaired) electrons. The Bertz CT molecular complexity index is 652. The number of hydrogen-bond acceptors (Lipinski definition) is 4. The van der Waals surface area contributed by atoms with E-state index in [1.165, 1.54) is 6.07 Å². The second-order valence-electron chi connectivity index (χ2n) is 6.64. The zero-order valence-electron chi connectivity index (χ0n) is 12.4. The molecule has 2 heterocycles. The highest BCUT2D eigenvalue weighted by Gasteiger charge is 2.59. The maximum atomic E-state index is 12.9. The molecule has 2 aliphatic heterocycles. The van der Waals surface area contributed by atoms with Gasteiger partial charge >= 0.3 is 0 Å². The van der Waals surface area contributed by atoms with E-state index in [-0.39, 0.29) is 27.9 Å². The van der Waals surface area contributed by atoms with Crippen molar-refractivity contribution in [3.05, 3.63) is 33.9 Å². The van der Waals surface area contributed by atoms with Gasteiger partial charge in [-0.25, -0.2) is 0 Å². The zero-order valence-corrected chi connectivity index (χ0v) is 12.4. The lowest BCUT2D eigenvalue weighted by Gasteiger charge is -2.25. The lowest BCUT2D eigenvalue weighted by Crippen LogP contribution is -2.35. The number of fused-ring (bicyclic) bond motifs is 1. The summed E-state index contributed by atoms with van der Waals surface area (Å²) in [6.45, 7) is 2.56. The molecule has 1 spiro atoms. The number of anilines is 1. The van der Waals surface area contributed by atoms with Crippen molar-refractivity contribution in [2.45, 2.75) is 25.7 Å². The first-order valence-corrected chi connectivity index (χ1v) is 7.91. The first kappa shape index (κ1) is 13.7. The Balaban J connectivity index is 1.58. The number of nitro benzene ring substituents is 1. The van der Waals surface area contributed by atoms with E-state index >= 15 is 0 Å². The summed E-state index contributed by atoms with van der Waals surface area (Å²) in [5.41, 5.74) is 1.79. The molecule has 4 rings (SSSR count). The molecule has 1 aliphatic carbocycles. The second-order valence-corrected chi connectivity index (χ2v) is 6.64. The molecule has 0 bridgehead atoms. The van der Waals surface area contributed by atoms with Gasteiger partial charge in [-0.1, -0.05) is 6.07 Å². The van der Waals surface area contributed by atoms with Crippen LogP contribution in [0.25, 0.3) is 0 Å². The van der Waals surface area contributed by atoms with Crippen LogP contribution >= 0.6 is 0 Å². The fraction of sp³-hybridized carbons (Fsp3) is 0.562. The average Bonchev–Trinajstić information content (AvgIpc) is 3.03. The number of amides is 1. The van der Waals surface area contributed by atoms with E-state index in [0.717, 1.165) is 38.0 Å². The van der Waals surface area contributed by atoms with Crippen molar-refractivity contribution < 1.29 is 9.72 Å². The SMILES string of the molecule is O=C(C1CC12CCNCC2)N1CCc2c1cccc2[N+](=O)[O-]. The Morgan fingerprint density at radius 1 is 1.36 bits per heavy atom. The normalized spacial score (nSPS) is 25.1. The number of carbonyl (C=O) groups is 1. The van der Waals surface area contributed by atoms with Gasteiger partial charge in [0.05, 0.1) is 16.2 Å². The summed E-state index contributed by atoms with van der Waals surface area (Å²) in [6.07, 6.45) is 3.70. The molecule has 6 nitrogen and oxygen atoms in total. The lowest BCUT2D eigenvalue weighted by molar-refractivity contribution is -0.385. The maximum Gasteiger partial charge on any atom is 0.274 e.